The molecule has 35 heavy (non-hydrogen) atoms. The van der Waals surface area contributed by atoms with E-state index < -0.39 is 5.97 Å². The van der Waals surface area contributed by atoms with E-state index in [1.54, 1.807) is 25.2 Å². The van der Waals surface area contributed by atoms with Crippen LogP contribution < -0.4 is 4.74 Å². The summed E-state index contributed by atoms with van der Waals surface area (Å²) in [6.45, 7) is 13.1. The second-order valence-corrected chi connectivity index (χ2v) is 9.81. The number of carbonyl (C=O) groups is 2. The fraction of sp³-hybridized carbons (Fsp3) is 0.200. The van der Waals surface area contributed by atoms with Gasteiger partial charge in [0.15, 0.2) is 0 Å². The lowest BCUT2D eigenvalue weighted by molar-refractivity contribution is -0.139. The van der Waals surface area contributed by atoms with E-state index in [4.69, 9.17) is 9.47 Å². The highest BCUT2D eigenvalue weighted by Crippen LogP contribution is 2.40. The number of hydrogen-bond donors (Lipinski definition) is 0. The van der Waals surface area contributed by atoms with Crippen molar-refractivity contribution in [3.63, 3.8) is 0 Å². The van der Waals surface area contributed by atoms with Crippen molar-refractivity contribution in [2.45, 2.75) is 33.6 Å². The molecule has 0 aliphatic heterocycles. The van der Waals surface area contributed by atoms with Crippen LogP contribution in [0.5, 0.6) is 5.75 Å². The molecule has 1 aromatic heterocycles. The van der Waals surface area contributed by atoms with Gasteiger partial charge in [-0.25, -0.2) is 9.59 Å². The predicted octanol–water partition coefficient (Wildman–Crippen LogP) is 7.56. The van der Waals surface area contributed by atoms with Crippen LogP contribution in [0.3, 0.4) is 0 Å². The van der Waals surface area contributed by atoms with Crippen LogP contribution in [0, 0.1) is 6.92 Å². The molecule has 0 bridgehead atoms. The Hall–Kier alpha value is -3.70. The third-order valence-electron chi connectivity index (χ3n) is 5.88. The van der Waals surface area contributed by atoms with Gasteiger partial charge < -0.3 is 9.47 Å². The molecule has 5 heteroatoms. The van der Waals surface area contributed by atoms with Crippen LogP contribution in [0.2, 0.25) is 0 Å². The number of carbonyl (C=O) groups excluding carboxylic acids is 2. The second-order valence-electron chi connectivity index (χ2n) is 8.76. The van der Waals surface area contributed by atoms with Crippen LogP contribution in [0.25, 0.3) is 31.3 Å². The van der Waals surface area contributed by atoms with Crippen LogP contribution in [0.15, 0.2) is 78.9 Å². The molecule has 0 N–H and O–H groups in total. The molecule has 0 spiro atoms. The molecule has 0 saturated carbocycles. The van der Waals surface area contributed by atoms with Gasteiger partial charge in [-0.15, -0.1) is 11.3 Å². The van der Waals surface area contributed by atoms with Crippen molar-refractivity contribution in [3.8, 4) is 16.9 Å². The molecule has 0 atom stereocenters. The van der Waals surface area contributed by atoms with Gasteiger partial charge in [-0.1, -0.05) is 49.6 Å². The molecule has 4 nitrogen and oxygen atoms in total. The minimum absolute atomic E-state index is 0.337. The third-order valence-corrected chi connectivity index (χ3v) is 7.16. The SMILES string of the molecule is C=C(C)C(=O)OCCCc1ccc(-c2ccc3c(sc4cc(OC(=O)C(=C)C)ccc43)c2C)cc1. The number of hydrogen-bond acceptors (Lipinski definition) is 5. The molecular formula is C30H28O4S. The first-order valence-corrected chi connectivity index (χ1v) is 12.3. The summed E-state index contributed by atoms with van der Waals surface area (Å²) in [4.78, 5) is 23.4. The van der Waals surface area contributed by atoms with E-state index in [0.717, 1.165) is 28.5 Å². The van der Waals surface area contributed by atoms with E-state index in [9.17, 15) is 9.59 Å². The standard InChI is InChI=1S/C30H28O4S/c1-18(2)29(31)33-16-6-7-21-8-10-22(11-9-21)24-14-15-26-25-13-12-23(34-30(32)19(3)4)17-27(25)35-28(26)20(24)5/h8-15,17H,1,3,6-7,16H2,2,4-5H3. The van der Waals surface area contributed by atoms with Crippen molar-refractivity contribution in [1.82, 2.24) is 0 Å². The topological polar surface area (TPSA) is 52.6 Å². The Morgan fingerprint density at radius 1 is 0.886 bits per heavy atom. The molecule has 4 aromatic rings. The number of esters is 2. The molecule has 0 saturated heterocycles. The van der Waals surface area contributed by atoms with Crippen LogP contribution in [-0.2, 0) is 20.7 Å². The van der Waals surface area contributed by atoms with Crippen molar-refractivity contribution in [2.75, 3.05) is 6.61 Å². The molecule has 0 unspecified atom stereocenters. The highest BCUT2D eigenvalue weighted by molar-refractivity contribution is 7.26. The minimum Gasteiger partial charge on any atom is -0.462 e. The van der Waals surface area contributed by atoms with Crippen molar-refractivity contribution in [1.29, 1.82) is 0 Å². The lowest BCUT2D eigenvalue weighted by Gasteiger charge is -2.09. The summed E-state index contributed by atoms with van der Waals surface area (Å²) in [5, 5.41) is 2.35. The molecule has 0 aliphatic rings. The van der Waals surface area contributed by atoms with Crippen molar-refractivity contribution >= 4 is 43.4 Å². The minimum atomic E-state index is -0.416. The molecule has 0 amide bonds. The van der Waals surface area contributed by atoms with E-state index in [0.29, 0.717) is 23.5 Å². The number of thiophene rings is 1. The highest BCUT2D eigenvalue weighted by atomic mass is 32.1. The predicted molar refractivity (Wildman–Crippen MR) is 144 cm³/mol. The Labute approximate surface area is 209 Å². The average Bonchev–Trinajstić information content (AvgIpc) is 3.21. The zero-order valence-electron chi connectivity index (χ0n) is 20.3. The lowest BCUT2D eigenvalue weighted by Crippen LogP contribution is -2.07. The van der Waals surface area contributed by atoms with Crippen LogP contribution in [-0.4, -0.2) is 18.5 Å². The summed E-state index contributed by atoms with van der Waals surface area (Å²) in [6, 6.07) is 18.7. The van der Waals surface area contributed by atoms with Crippen LogP contribution in [0.1, 0.15) is 31.4 Å². The quantitative estimate of drug-likeness (QED) is 0.112. The molecule has 178 valence electrons. The smallest absolute Gasteiger partial charge is 0.338 e. The van der Waals surface area contributed by atoms with Crippen molar-refractivity contribution < 1.29 is 19.1 Å². The van der Waals surface area contributed by atoms with E-state index in [1.165, 1.54) is 26.8 Å². The number of aryl methyl sites for hydroxylation is 2. The number of benzene rings is 3. The van der Waals surface area contributed by atoms with E-state index >= 15 is 0 Å². The van der Waals surface area contributed by atoms with E-state index in [-0.39, 0.29) is 5.97 Å². The number of rotatable bonds is 8. The van der Waals surface area contributed by atoms with Gasteiger partial charge in [0.2, 0.25) is 0 Å². The molecule has 1 heterocycles. The van der Waals surface area contributed by atoms with Gasteiger partial charge in [-0.05, 0) is 74.1 Å². The van der Waals surface area contributed by atoms with Gasteiger partial charge in [0, 0.05) is 31.3 Å². The number of fused-ring (bicyclic) bond motifs is 3. The molecule has 3 aromatic carbocycles. The third kappa shape index (κ3) is 5.36. The van der Waals surface area contributed by atoms with E-state index in [1.807, 2.05) is 18.2 Å². The normalized spacial score (nSPS) is 10.9. The molecule has 0 radical (unpaired) electrons. The fourth-order valence-corrected chi connectivity index (χ4v) is 5.17. The Morgan fingerprint density at radius 2 is 1.57 bits per heavy atom. The molecule has 0 fully saturated rings. The second kappa shape index (κ2) is 10.3. The monoisotopic (exact) mass is 484 g/mol. The molecular weight excluding hydrogens is 456 g/mol. The van der Waals surface area contributed by atoms with E-state index in [2.05, 4.69) is 56.5 Å². The number of ether oxygens (including phenoxy) is 2. The highest BCUT2D eigenvalue weighted by Gasteiger charge is 2.13. The van der Waals surface area contributed by atoms with Crippen LogP contribution in [0.4, 0.5) is 0 Å². The Bertz CT molecular complexity index is 1460. The average molecular weight is 485 g/mol. The first kappa shape index (κ1) is 24.4. The first-order valence-electron chi connectivity index (χ1n) is 11.5. The van der Waals surface area contributed by atoms with Crippen molar-refractivity contribution in [2.24, 2.45) is 0 Å². The summed E-state index contributed by atoms with van der Waals surface area (Å²) < 4.78 is 12.9. The summed E-state index contributed by atoms with van der Waals surface area (Å²) in [7, 11) is 0. The summed E-state index contributed by atoms with van der Waals surface area (Å²) >= 11 is 1.71. The van der Waals surface area contributed by atoms with Gasteiger partial charge in [0.05, 0.1) is 6.61 Å². The fourth-order valence-electron chi connectivity index (χ4n) is 3.94. The maximum atomic E-state index is 11.9. The summed E-state index contributed by atoms with van der Waals surface area (Å²) in [5.41, 5.74) is 5.59. The van der Waals surface area contributed by atoms with Gasteiger partial charge in [0.25, 0.3) is 0 Å². The first-order chi connectivity index (χ1) is 16.7. The zero-order chi connectivity index (χ0) is 25.1. The zero-order valence-corrected chi connectivity index (χ0v) is 21.1. The van der Waals surface area contributed by atoms with Crippen molar-refractivity contribution in [3.05, 3.63) is 90.0 Å². The van der Waals surface area contributed by atoms with Gasteiger partial charge in [-0.3, -0.25) is 0 Å². The Morgan fingerprint density at radius 3 is 2.26 bits per heavy atom. The molecule has 4 rings (SSSR count). The van der Waals surface area contributed by atoms with Gasteiger partial charge in [-0.2, -0.15) is 0 Å². The molecule has 0 aliphatic carbocycles. The maximum Gasteiger partial charge on any atom is 0.338 e. The Kier molecular flexibility index (Phi) is 7.17. The Balaban J connectivity index is 1.53. The summed E-state index contributed by atoms with van der Waals surface area (Å²) in [5.74, 6) is -0.225. The van der Waals surface area contributed by atoms with Gasteiger partial charge >= 0.3 is 11.9 Å². The largest absolute Gasteiger partial charge is 0.462 e. The summed E-state index contributed by atoms with van der Waals surface area (Å²) in [6.07, 6.45) is 1.62. The van der Waals surface area contributed by atoms with Gasteiger partial charge in [0.1, 0.15) is 5.75 Å². The maximum absolute atomic E-state index is 11.9. The van der Waals surface area contributed by atoms with Crippen LogP contribution >= 0.6 is 11.3 Å². The lowest BCUT2D eigenvalue weighted by atomic mass is 9.97.